The van der Waals surface area contributed by atoms with Gasteiger partial charge in [0, 0.05) is 12.7 Å². The topological polar surface area (TPSA) is 73.1 Å². The fourth-order valence-electron chi connectivity index (χ4n) is 2.69. The lowest BCUT2D eigenvalue weighted by Crippen LogP contribution is -2.40. The molecule has 0 saturated carbocycles. The summed E-state index contributed by atoms with van der Waals surface area (Å²) in [5.41, 5.74) is 0.447. The Bertz CT molecular complexity index is 1100. The third kappa shape index (κ3) is 3.08. The first-order chi connectivity index (χ1) is 11.9. The van der Waals surface area contributed by atoms with E-state index in [1.54, 1.807) is 31.2 Å². The second kappa shape index (κ2) is 6.35. The summed E-state index contributed by atoms with van der Waals surface area (Å²) in [7, 11) is 1.37. The molecule has 0 aliphatic rings. The van der Waals surface area contributed by atoms with E-state index in [-0.39, 0.29) is 6.54 Å². The summed E-state index contributed by atoms with van der Waals surface area (Å²) in [6.45, 7) is 1.41. The van der Waals surface area contributed by atoms with Crippen LogP contribution in [0.25, 0.3) is 10.9 Å². The molecule has 2 aromatic carbocycles. The predicted molar refractivity (Wildman–Crippen MR) is 93.2 cm³/mol. The highest BCUT2D eigenvalue weighted by molar-refractivity contribution is 5.92. The highest BCUT2D eigenvalue weighted by Gasteiger charge is 2.14. The number of carbonyl (C=O) groups is 1. The predicted octanol–water partition coefficient (Wildman–Crippen LogP) is 1.79. The number of aryl methyl sites for hydroxylation is 1. The van der Waals surface area contributed by atoms with E-state index in [9.17, 15) is 18.8 Å². The van der Waals surface area contributed by atoms with E-state index >= 15 is 0 Å². The molecule has 1 N–H and O–H groups in total. The smallest absolute Gasteiger partial charge is 0.324 e. The summed E-state index contributed by atoms with van der Waals surface area (Å²) in [4.78, 5) is 36.9. The zero-order valence-electron chi connectivity index (χ0n) is 13.7. The quantitative estimate of drug-likeness (QED) is 0.789. The molecule has 0 radical (unpaired) electrons. The highest BCUT2D eigenvalue weighted by atomic mass is 19.1. The van der Waals surface area contributed by atoms with E-state index in [4.69, 9.17) is 0 Å². The van der Waals surface area contributed by atoms with Gasteiger partial charge in [0.05, 0.1) is 10.9 Å². The number of aromatic nitrogens is 2. The van der Waals surface area contributed by atoms with Crippen LogP contribution in [-0.2, 0) is 18.4 Å². The molecule has 0 spiro atoms. The van der Waals surface area contributed by atoms with Gasteiger partial charge in [0.2, 0.25) is 5.91 Å². The van der Waals surface area contributed by atoms with E-state index in [0.29, 0.717) is 22.2 Å². The first-order valence-electron chi connectivity index (χ1n) is 7.63. The van der Waals surface area contributed by atoms with E-state index in [2.05, 4.69) is 5.32 Å². The molecule has 6 nitrogen and oxygen atoms in total. The number of hydrogen-bond donors (Lipinski definition) is 1. The molecule has 3 aromatic rings. The largest absolute Gasteiger partial charge is 0.331 e. The molecule has 0 aliphatic heterocycles. The van der Waals surface area contributed by atoms with Crippen molar-refractivity contribution in [3.8, 4) is 0 Å². The van der Waals surface area contributed by atoms with Gasteiger partial charge in [-0.1, -0.05) is 12.1 Å². The average molecular weight is 341 g/mol. The maximum absolute atomic E-state index is 13.2. The number of fused-ring (bicyclic) bond motifs is 1. The molecule has 0 fully saturated rings. The monoisotopic (exact) mass is 341 g/mol. The number of halogens is 1. The lowest BCUT2D eigenvalue weighted by Gasteiger charge is -2.13. The first-order valence-corrected chi connectivity index (χ1v) is 7.63. The van der Waals surface area contributed by atoms with Gasteiger partial charge in [-0.25, -0.2) is 9.18 Å². The van der Waals surface area contributed by atoms with Gasteiger partial charge < -0.3 is 5.32 Å². The molecule has 1 amide bonds. The fraction of sp³-hybridized carbons (Fsp3) is 0.167. The maximum Gasteiger partial charge on any atom is 0.331 e. The van der Waals surface area contributed by atoms with Crippen LogP contribution in [0.3, 0.4) is 0 Å². The summed E-state index contributed by atoms with van der Waals surface area (Å²) in [6, 6.07) is 10.6. The minimum Gasteiger partial charge on any atom is -0.324 e. The summed E-state index contributed by atoms with van der Waals surface area (Å²) >= 11 is 0. The van der Waals surface area contributed by atoms with E-state index < -0.39 is 23.0 Å². The first kappa shape index (κ1) is 16.6. The second-order valence-corrected chi connectivity index (χ2v) is 5.76. The van der Waals surface area contributed by atoms with Gasteiger partial charge in [-0.15, -0.1) is 0 Å². The van der Waals surface area contributed by atoms with Crippen molar-refractivity contribution in [2.24, 2.45) is 7.05 Å². The maximum atomic E-state index is 13.2. The second-order valence-electron chi connectivity index (χ2n) is 5.76. The van der Waals surface area contributed by atoms with E-state index in [0.717, 1.165) is 4.57 Å². The van der Waals surface area contributed by atoms with Crippen molar-refractivity contribution in [2.45, 2.75) is 13.5 Å². The number of para-hydroxylation sites is 1. The molecule has 128 valence electrons. The number of benzene rings is 2. The number of hydrogen-bond acceptors (Lipinski definition) is 3. The third-order valence-electron chi connectivity index (χ3n) is 4.01. The molecule has 7 heteroatoms. The molecule has 0 bridgehead atoms. The molecule has 0 saturated heterocycles. The van der Waals surface area contributed by atoms with Crippen molar-refractivity contribution in [3.63, 3.8) is 0 Å². The van der Waals surface area contributed by atoms with Crippen molar-refractivity contribution in [3.05, 3.63) is 74.7 Å². The number of nitrogens with one attached hydrogen (secondary N) is 1. The number of amides is 1. The number of rotatable bonds is 3. The van der Waals surface area contributed by atoms with Crippen LogP contribution in [-0.4, -0.2) is 15.0 Å². The minimum absolute atomic E-state index is 0.260. The Kier molecular flexibility index (Phi) is 4.22. The Morgan fingerprint density at radius 2 is 1.88 bits per heavy atom. The van der Waals surface area contributed by atoms with Crippen molar-refractivity contribution < 1.29 is 9.18 Å². The van der Waals surface area contributed by atoms with Gasteiger partial charge in [0.15, 0.2) is 0 Å². The SMILES string of the molecule is Cc1cc(F)ccc1NC(=O)Cn1c(=O)n(C)c(=O)c2ccccc21. The Morgan fingerprint density at radius 3 is 2.60 bits per heavy atom. The average Bonchev–Trinajstić information content (AvgIpc) is 2.59. The summed E-state index contributed by atoms with van der Waals surface area (Å²) in [5, 5.41) is 3.02. The van der Waals surface area contributed by atoms with Crippen LogP contribution >= 0.6 is 0 Å². The Hall–Kier alpha value is -3.22. The van der Waals surface area contributed by atoms with E-state index in [1.807, 2.05) is 0 Å². The highest BCUT2D eigenvalue weighted by Crippen LogP contribution is 2.16. The van der Waals surface area contributed by atoms with Crippen LogP contribution < -0.4 is 16.6 Å². The minimum atomic E-state index is -0.574. The molecule has 0 unspecified atom stereocenters. The Morgan fingerprint density at radius 1 is 1.16 bits per heavy atom. The van der Waals surface area contributed by atoms with Crippen LogP contribution in [0.5, 0.6) is 0 Å². The summed E-state index contributed by atoms with van der Waals surface area (Å²) in [5.74, 6) is -0.837. The van der Waals surface area contributed by atoms with Crippen LogP contribution in [0.2, 0.25) is 0 Å². The summed E-state index contributed by atoms with van der Waals surface area (Å²) < 4.78 is 15.4. The Labute approximate surface area is 142 Å². The van der Waals surface area contributed by atoms with Gasteiger partial charge in [-0.3, -0.25) is 18.7 Å². The van der Waals surface area contributed by atoms with E-state index in [1.165, 1.54) is 29.8 Å². The molecule has 0 atom stereocenters. The normalized spacial score (nSPS) is 10.8. The molecular weight excluding hydrogens is 325 g/mol. The van der Waals surface area contributed by atoms with Crippen LogP contribution in [0, 0.1) is 12.7 Å². The standard InChI is InChI=1S/C18H16FN3O3/c1-11-9-12(19)7-8-14(11)20-16(23)10-22-15-6-4-3-5-13(15)17(24)21(2)18(22)25/h3-9H,10H2,1-2H3,(H,20,23). The molecule has 25 heavy (non-hydrogen) atoms. The zero-order valence-corrected chi connectivity index (χ0v) is 13.7. The molecule has 0 aliphatic carbocycles. The lowest BCUT2D eigenvalue weighted by atomic mass is 10.2. The van der Waals surface area contributed by atoms with Gasteiger partial charge >= 0.3 is 5.69 Å². The van der Waals surface area contributed by atoms with Crippen molar-refractivity contribution in [2.75, 3.05) is 5.32 Å². The number of anilines is 1. The molecule has 1 heterocycles. The molecule has 1 aromatic heterocycles. The van der Waals surface area contributed by atoms with Gasteiger partial charge in [-0.2, -0.15) is 0 Å². The zero-order chi connectivity index (χ0) is 18.1. The Balaban J connectivity index is 1.99. The number of nitrogens with zero attached hydrogens (tertiary/aromatic N) is 2. The summed E-state index contributed by atoms with van der Waals surface area (Å²) in [6.07, 6.45) is 0. The lowest BCUT2D eigenvalue weighted by molar-refractivity contribution is -0.116. The molecular formula is C18H16FN3O3. The van der Waals surface area contributed by atoms with Crippen molar-refractivity contribution in [1.82, 2.24) is 9.13 Å². The van der Waals surface area contributed by atoms with Crippen LogP contribution in [0.4, 0.5) is 10.1 Å². The van der Waals surface area contributed by atoms with Crippen LogP contribution in [0.15, 0.2) is 52.1 Å². The van der Waals surface area contributed by atoms with Crippen molar-refractivity contribution in [1.29, 1.82) is 0 Å². The fourth-order valence-corrected chi connectivity index (χ4v) is 2.69. The molecule has 3 rings (SSSR count). The third-order valence-corrected chi connectivity index (χ3v) is 4.01. The van der Waals surface area contributed by atoms with Gasteiger partial charge in [0.25, 0.3) is 5.56 Å². The van der Waals surface area contributed by atoms with Crippen LogP contribution in [0.1, 0.15) is 5.56 Å². The number of carbonyl (C=O) groups excluding carboxylic acids is 1. The van der Waals surface area contributed by atoms with Gasteiger partial charge in [0.1, 0.15) is 12.4 Å². The van der Waals surface area contributed by atoms with Crippen molar-refractivity contribution >= 4 is 22.5 Å². The van der Waals surface area contributed by atoms with Gasteiger partial charge in [-0.05, 0) is 42.8 Å².